The number of amides is 1. The van der Waals surface area contributed by atoms with Crippen molar-refractivity contribution in [1.29, 1.82) is 0 Å². The highest BCUT2D eigenvalue weighted by Crippen LogP contribution is 2.30. The number of para-hydroxylation sites is 3. The molecule has 140 valence electrons. The van der Waals surface area contributed by atoms with Crippen molar-refractivity contribution in [2.24, 2.45) is 0 Å². The molecule has 28 heavy (non-hydrogen) atoms. The Bertz CT molecular complexity index is 1070. The van der Waals surface area contributed by atoms with Crippen molar-refractivity contribution in [3.8, 4) is 22.3 Å². The lowest BCUT2D eigenvalue weighted by Gasteiger charge is -2.12. The third-order valence-electron chi connectivity index (χ3n) is 4.08. The molecule has 1 N–H and O–H groups in total. The molecule has 2 aromatic carbocycles. The molecule has 0 radical (unpaired) electrons. The minimum absolute atomic E-state index is 0.125. The monoisotopic (exact) mass is 390 g/mol. The molecule has 1 amide bonds. The Labute approximate surface area is 166 Å². The lowest BCUT2D eigenvalue weighted by Crippen LogP contribution is -2.15. The number of anilines is 1. The van der Waals surface area contributed by atoms with Gasteiger partial charge in [0.05, 0.1) is 22.7 Å². The van der Waals surface area contributed by atoms with Gasteiger partial charge < -0.3 is 14.5 Å². The molecule has 0 atom stereocenters. The van der Waals surface area contributed by atoms with Crippen molar-refractivity contribution in [2.75, 3.05) is 5.32 Å². The van der Waals surface area contributed by atoms with Crippen LogP contribution in [0.3, 0.4) is 0 Å². The summed E-state index contributed by atoms with van der Waals surface area (Å²) in [6, 6.07) is 20.7. The van der Waals surface area contributed by atoms with Gasteiger partial charge in [-0.15, -0.1) is 11.3 Å². The number of oxazole rings is 1. The molecule has 0 bridgehead atoms. The second-order valence-corrected chi connectivity index (χ2v) is 7.08. The highest BCUT2D eigenvalue weighted by atomic mass is 32.1. The molecule has 2 heterocycles. The highest BCUT2D eigenvalue weighted by Gasteiger charge is 2.16. The van der Waals surface area contributed by atoms with Crippen LogP contribution in [0.1, 0.15) is 11.5 Å². The predicted octanol–water partition coefficient (Wildman–Crippen LogP) is 5.69. The van der Waals surface area contributed by atoms with E-state index in [0.29, 0.717) is 34.5 Å². The summed E-state index contributed by atoms with van der Waals surface area (Å²) in [6.45, 7) is 1.82. The van der Waals surface area contributed by atoms with E-state index in [9.17, 15) is 4.79 Å². The molecule has 0 spiro atoms. The van der Waals surface area contributed by atoms with E-state index in [1.165, 1.54) is 0 Å². The van der Waals surface area contributed by atoms with Crippen LogP contribution >= 0.6 is 11.3 Å². The number of nitrogens with zero attached hydrogens (tertiary/aromatic N) is 1. The maximum atomic E-state index is 12.6. The fourth-order valence-corrected chi connectivity index (χ4v) is 3.37. The number of nitrogens with one attached hydrogen (secondary N) is 1. The number of hydrogen-bond acceptors (Lipinski definition) is 5. The largest absolute Gasteiger partial charge is 0.455 e. The summed E-state index contributed by atoms with van der Waals surface area (Å²) in [5.74, 6) is 2.30. The first kappa shape index (κ1) is 18.0. The Morgan fingerprint density at radius 1 is 1.07 bits per heavy atom. The zero-order valence-electron chi connectivity index (χ0n) is 15.2. The third kappa shape index (κ3) is 4.13. The fraction of sp³-hybridized carbons (Fsp3) is 0.0909. The van der Waals surface area contributed by atoms with Crippen LogP contribution in [0.15, 0.2) is 76.5 Å². The van der Waals surface area contributed by atoms with Crippen LogP contribution in [-0.4, -0.2) is 10.9 Å². The highest BCUT2D eigenvalue weighted by molar-refractivity contribution is 7.13. The summed E-state index contributed by atoms with van der Waals surface area (Å²) >= 11 is 1.55. The molecule has 0 fully saturated rings. The summed E-state index contributed by atoms with van der Waals surface area (Å²) in [5.41, 5.74) is 1.23. The number of hydrogen-bond donors (Lipinski definition) is 1. The van der Waals surface area contributed by atoms with Crippen LogP contribution in [0.2, 0.25) is 0 Å². The van der Waals surface area contributed by atoms with Crippen molar-refractivity contribution in [3.05, 3.63) is 83.6 Å². The first-order valence-corrected chi connectivity index (χ1v) is 9.69. The van der Waals surface area contributed by atoms with E-state index in [1.54, 1.807) is 11.3 Å². The standard InChI is InChI=1S/C22H18N2O3S/c1-15-18(24-22(26-15)20-12-7-13-28-20)14-21(25)23-17-10-5-6-11-19(17)27-16-8-3-2-4-9-16/h2-13H,14H2,1H3,(H,23,25). The third-order valence-corrected chi connectivity index (χ3v) is 4.94. The molecular weight excluding hydrogens is 372 g/mol. The summed E-state index contributed by atoms with van der Waals surface area (Å²) in [7, 11) is 0. The van der Waals surface area contributed by atoms with E-state index in [-0.39, 0.29) is 12.3 Å². The summed E-state index contributed by atoms with van der Waals surface area (Å²) in [6.07, 6.45) is 0.125. The van der Waals surface area contributed by atoms with Crippen LogP contribution in [0.5, 0.6) is 11.5 Å². The fourth-order valence-electron chi connectivity index (χ4n) is 2.72. The van der Waals surface area contributed by atoms with E-state index < -0.39 is 0 Å². The van der Waals surface area contributed by atoms with E-state index in [0.717, 1.165) is 4.88 Å². The molecular formula is C22H18N2O3S. The second kappa shape index (κ2) is 8.10. The molecule has 0 aliphatic heterocycles. The summed E-state index contributed by atoms with van der Waals surface area (Å²) < 4.78 is 11.6. The quantitative estimate of drug-likeness (QED) is 0.460. The minimum Gasteiger partial charge on any atom is -0.455 e. The molecule has 2 aromatic heterocycles. The lowest BCUT2D eigenvalue weighted by atomic mass is 10.2. The molecule has 6 heteroatoms. The van der Waals surface area contributed by atoms with Gasteiger partial charge in [0.1, 0.15) is 11.5 Å². The summed E-state index contributed by atoms with van der Waals surface area (Å²) in [5, 5.41) is 4.87. The van der Waals surface area contributed by atoms with Gasteiger partial charge in [0.2, 0.25) is 11.8 Å². The Balaban J connectivity index is 1.47. The average molecular weight is 390 g/mol. The smallest absolute Gasteiger partial charge is 0.236 e. The van der Waals surface area contributed by atoms with Gasteiger partial charge in [0.25, 0.3) is 0 Å². The van der Waals surface area contributed by atoms with Crippen LogP contribution in [0.4, 0.5) is 5.69 Å². The van der Waals surface area contributed by atoms with Gasteiger partial charge in [-0.3, -0.25) is 4.79 Å². The van der Waals surface area contributed by atoms with Gasteiger partial charge >= 0.3 is 0 Å². The number of ether oxygens (including phenoxy) is 1. The second-order valence-electron chi connectivity index (χ2n) is 6.14. The molecule has 4 aromatic rings. The Hall–Kier alpha value is -3.38. The van der Waals surface area contributed by atoms with Gasteiger partial charge in [-0.25, -0.2) is 4.98 Å². The molecule has 0 saturated heterocycles. The first-order valence-electron chi connectivity index (χ1n) is 8.81. The molecule has 0 aliphatic rings. The van der Waals surface area contributed by atoms with E-state index in [4.69, 9.17) is 9.15 Å². The van der Waals surface area contributed by atoms with Crippen molar-refractivity contribution in [1.82, 2.24) is 4.98 Å². The van der Waals surface area contributed by atoms with Gasteiger partial charge in [-0.2, -0.15) is 0 Å². The van der Waals surface area contributed by atoms with Gasteiger partial charge in [0, 0.05) is 0 Å². The summed E-state index contributed by atoms with van der Waals surface area (Å²) in [4.78, 5) is 18.0. The van der Waals surface area contributed by atoms with Crippen LogP contribution < -0.4 is 10.1 Å². The Morgan fingerprint density at radius 2 is 1.86 bits per heavy atom. The zero-order valence-corrected chi connectivity index (χ0v) is 16.0. The number of rotatable bonds is 6. The minimum atomic E-state index is -0.182. The molecule has 0 saturated carbocycles. The first-order chi connectivity index (χ1) is 13.7. The van der Waals surface area contributed by atoms with Crippen LogP contribution in [0.25, 0.3) is 10.8 Å². The molecule has 5 nitrogen and oxygen atoms in total. The normalized spacial score (nSPS) is 10.6. The van der Waals surface area contributed by atoms with Crippen molar-refractivity contribution in [3.63, 3.8) is 0 Å². The maximum Gasteiger partial charge on any atom is 0.236 e. The average Bonchev–Trinajstić information content (AvgIpc) is 3.35. The van der Waals surface area contributed by atoms with Crippen molar-refractivity contribution in [2.45, 2.75) is 13.3 Å². The van der Waals surface area contributed by atoms with Gasteiger partial charge in [-0.1, -0.05) is 36.4 Å². The van der Waals surface area contributed by atoms with Gasteiger partial charge in [0.15, 0.2) is 5.75 Å². The maximum absolute atomic E-state index is 12.6. The number of carbonyl (C=O) groups is 1. The molecule has 0 aliphatic carbocycles. The van der Waals surface area contributed by atoms with E-state index >= 15 is 0 Å². The Morgan fingerprint density at radius 3 is 2.64 bits per heavy atom. The SMILES string of the molecule is Cc1oc(-c2cccs2)nc1CC(=O)Nc1ccccc1Oc1ccccc1. The van der Waals surface area contributed by atoms with Crippen LogP contribution in [0, 0.1) is 6.92 Å². The zero-order chi connectivity index (χ0) is 19.3. The topological polar surface area (TPSA) is 64.4 Å². The predicted molar refractivity (Wildman–Crippen MR) is 110 cm³/mol. The molecule has 0 unspecified atom stereocenters. The number of aromatic nitrogens is 1. The van der Waals surface area contributed by atoms with Crippen LogP contribution in [-0.2, 0) is 11.2 Å². The number of benzene rings is 2. The van der Waals surface area contributed by atoms with Crippen molar-refractivity contribution >= 4 is 22.9 Å². The Kier molecular flexibility index (Phi) is 5.21. The number of thiophene rings is 1. The molecule has 4 rings (SSSR count). The van der Waals surface area contributed by atoms with E-state index in [1.807, 2.05) is 79.0 Å². The lowest BCUT2D eigenvalue weighted by molar-refractivity contribution is -0.115. The van der Waals surface area contributed by atoms with Gasteiger partial charge in [-0.05, 0) is 42.6 Å². The van der Waals surface area contributed by atoms with E-state index in [2.05, 4.69) is 10.3 Å². The van der Waals surface area contributed by atoms with Crippen molar-refractivity contribution < 1.29 is 13.9 Å². The number of aryl methyl sites for hydroxylation is 1. The number of carbonyl (C=O) groups excluding carboxylic acids is 1.